The zero-order chi connectivity index (χ0) is 22.6. The van der Waals surface area contributed by atoms with E-state index in [1.165, 1.54) is 31.4 Å². The fourth-order valence-electron chi connectivity index (χ4n) is 2.79. The van der Waals surface area contributed by atoms with E-state index in [1.54, 1.807) is 36.4 Å². The third kappa shape index (κ3) is 7.39. The molecule has 0 saturated carbocycles. The number of unbranched alkanes of at least 4 members (excludes halogenated alkanes) is 3. The van der Waals surface area contributed by atoms with Crippen LogP contribution < -0.4 is 4.74 Å². The first kappa shape index (κ1) is 22.7. The first-order chi connectivity index (χ1) is 15.6. The molecule has 3 aromatic carbocycles. The summed E-state index contributed by atoms with van der Waals surface area (Å²) >= 11 is 0. The largest absolute Gasteiger partial charge is 0.494 e. The number of hydrogen-bond donors (Lipinski definition) is 0. The molecule has 0 bridgehead atoms. The van der Waals surface area contributed by atoms with E-state index >= 15 is 0 Å². The van der Waals surface area contributed by atoms with E-state index in [-0.39, 0.29) is 5.69 Å². The molecule has 32 heavy (non-hydrogen) atoms. The summed E-state index contributed by atoms with van der Waals surface area (Å²) in [4.78, 5) is 10.2. The molecule has 3 rings (SSSR count). The molecule has 0 radical (unpaired) electrons. The van der Waals surface area contributed by atoms with Gasteiger partial charge in [0.25, 0.3) is 5.69 Å². The SMILES string of the molecule is CCCCCCOc1ccc(N=Nc2ccc(N=Nc3ccc([N+](=O)[O-])cc3)cc2)cc1. The zero-order valence-electron chi connectivity index (χ0n) is 17.9. The number of nitrogens with zero attached hydrogens (tertiary/aromatic N) is 5. The Hall–Kier alpha value is -3.94. The van der Waals surface area contributed by atoms with Gasteiger partial charge in [0.1, 0.15) is 5.75 Å². The van der Waals surface area contributed by atoms with Crippen LogP contribution in [0.1, 0.15) is 32.6 Å². The molecule has 0 spiro atoms. The summed E-state index contributed by atoms with van der Waals surface area (Å²) in [6.45, 7) is 2.92. The Morgan fingerprint density at radius 1 is 0.688 bits per heavy atom. The van der Waals surface area contributed by atoms with Crippen molar-refractivity contribution in [3.63, 3.8) is 0 Å². The minimum absolute atomic E-state index is 0.0169. The van der Waals surface area contributed by atoms with Gasteiger partial charge in [0.15, 0.2) is 0 Å². The average Bonchev–Trinajstić information content (AvgIpc) is 2.83. The second kappa shape index (κ2) is 12.0. The van der Waals surface area contributed by atoms with Crippen LogP contribution in [0.5, 0.6) is 5.75 Å². The maximum absolute atomic E-state index is 10.7. The predicted octanol–water partition coefficient (Wildman–Crippen LogP) is 8.38. The second-order valence-corrected chi connectivity index (χ2v) is 7.09. The van der Waals surface area contributed by atoms with Gasteiger partial charge in [-0.15, -0.1) is 0 Å². The number of azo groups is 2. The van der Waals surface area contributed by atoms with Crippen LogP contribution in [0.3, 0.4) is 0 Å². The van der Waals surface area contributed by atoms with Crippen LogP contribution in [0.25, 0.3) is 0 Å². The summed E-state index contributed by atoms with van der Waals surface area (Å²) in [5.74, 6) is 0.836. The molecule has 0 saturated heterocycles. The van der Waals surface area contributed by atoms with Crippen molar-refractivity contribution in [1.29, 1.82) is 0 Å². The monoisotopic (exact) mass is 431 g/mol. The maximum Gasteiger partial charge on any atom is 0.269 e. The number of non-ortho nitro benzene ring substituents is 1. The molecule has 164 valence electrons. The van der Waals surface area contributed by atoms with Gasteiger partial charge in [0, 0.05) is 12.1 Å². The van der Waals surface area contributed by atoms with Crippen molar-refractivity contribution in [1.82, 2.24) is 0 Å². The molecular formula is C24H25N5O3. The van der Waals surface area contributed by atoms with Gasteiger partial charge < -0.3 is 4.74 Å². The Balaban J connectivity index is 1.51. The van der Waals surface area contributed by atoms with E-state index in [0.717, 1.165) is 24.5 Å². The Kier molecular flexibility index (Phi) is 8.56. The van der Waals surface area contributed by atoms with Crippen LogP contribution in [0.2, 0.25) is 0 Å². The molecule has 0 aromatic heterocycles. The Morgan fingerprint density at radius 3 is 1.56 bits per heavy atom. The van der Waals surface area contributed by atoms with Gasteiger partial charge >= 0.3 is 0 Å². The summed E-state index contributed by atoms with van der Waals surface area (Å²) in [5.41, 5.74) is 2.62. The lowest BCUT2D eigenvalue weighted by Gasteiger charge is -2.05. The molecule has 0 atom stereocenters. The van der Waals surface area contributed by atoms with Crippen LogP contribution in [0.4, 0.5) is 28.4 Å². The number of ether oxygens (including phenoxy) is 1. The summed E-state index contributed by atoms with van der Waals surface area (Å²) in [5, 5.41) is 27.4. The first-order valence-electron chi connectivity index (χ1n) is 10.5. The summed E-state index contributed by atoms with van der Waals surface area (Å²) < 4.78 is 5.73. The minimum atomic E-state index is -0.452. The Labute approximate surface area is 186 Å². The third-order valence-corrected chi connectivity index (χ3v) is 4.58. The molecule has 0 aliphatic rings. The third-order valence-electron chi connectivity index (χ3n) is 4.58. The predicted molar refractivity (Wildman–Crippen MR) is 124 cm³/mol. The smallest absolute Gasteiger partial charge is 0.269 e. The number of nitro groups is 1. The van der Waals surface area contributed by atoms with E-state index in [9.17, 15) is 10.1 Å². The first-order valence-corrected chi connectivity index (χ1v) is 10.5. The molecule has 0 fully saturated rings. The van der Waals surface area contributed by atoms with Gasteiger partial charge in [-0.2, -0.15) is 20.5 Å². The average molecular weight is 431 g/mol. The van der Waals surface area contributed by atoms with Crippen LogP contribution in [0.15, 0.2) is 93.3 Å². The van der Waals surface area contributed by atoms with Gasteiger partial charge in [-0.1, -0.05) is 26.2 Å². The molecule has 0 aliphatic heterocycles. The van der Waals surface area contributed by atoms with Crippen molar-refractivity contribution < 1.29 is 9.66 Å². The van der Waals surface area contributed by atoms with Crippen LogP contribution in [0, 0.1) is 10.1 Å². The number of rotatable bonds is 11. The van der Waals surface area contributed by atoms with Crippen LogP contribution >= 0.6 is 0 Å². The number of benzene rings is 3. The van der Waals surface area contributed by atoms with E-state index in [4.69, 9.17) is 4.74 Å². The topological polar surface area (TPSA) is 102 Å². The number of nitro benzene ring substituents is 1. The summed E-state index contributed by atoms with van der Waals surface area (Å²) in [6.07, 6.45) is 4.72. The van der Waals surface area contributed by atoms with Crippen LogP contribution in [-0.4, -0.2) is 11.5 Å². The Morgan fingerprint density at radius 2 is 1.12 bits per heavy atom. The highest BCUT2D eigenvalue weighted by molar-refractivity contribution is 5.49. The van der Waals surface area contributed by atoms with Crippen molar-refractivity contribution in [3.8, 4) is 5.75 Å². The molecule has 0 heterocycles. The fourth-order valence-corrected chi connectivity index (χ4v) is 2.79. The van der Waals surface area contributed by atoms with Crippen molar-refractivity contribution in [3.05, 3.63) is 82.9 Å². The van der Waals surface area contributed by atoms with Gasteiger partial charge in [0.05, 0.1) is 34.3 Å². The molecule has 8 heteroatoms. The van der Waals surface area contributed by atoms with E-state index in [0.29, 0.717) is 17.1 Å². The summed E-state index contributed by atoms with van der Waals surface area (Å²) in [6, 6.07) is 20.6. The van der Waals surface area contributed by atoms with Gasteiger partial charge in [-0.25, -0.2) is 0 Å². The lowest BCUT2D eigenvalue weighted by atomic mass is 10.2. The molecular weight excluding hydrogens is 406 g/mol. The lowest BCUT2D eigenvalue weighted by Crippen LogP contribution is -1.96. The molecule has 0 N–H and O–H groups in total. The van der Waals surface area contributed by atoms with E-state index in [2.05, 4.69) is 27.4 Å². The van der Waals surface area contributed by atoms with Crippen LogP contribution in [-0.2, 0) is 0 Å². The van der Waals surface area contributed by atoms with Crippen molar-refractivity contribution >= 4 is 28.4 Å². The van der Waals surface area contributed by atoms with Crippen molar-refractivity contribution in [2.24, 2.45) is 20.5 Å². The lowest BCUT2D eigenvalue weighted by molar-refractivity contribution is -0.384. The summed E-state index contributed by atoms with van der Waals surface area (Å²) in [7, 11) is 0. The van der Waals surface area contributed by atoms with Gasteiger partial charge in [-0.3, -0.25) is 10.1 Å². The molecule has 8 nitrogen and oxygen atoms in total. The normalized spacial score (nSPS) is 11.3. The second-order valence-electron chi connectivity index (χ2n) is 7.09. The quantitative estimate of drug-likeness (QED) is 0.132. The van der Waals surface area contributed by atoms with Crippen molar-refractivity contribution in [2.45, 2.75) is 32.6 Å². The standard InChI is InChI=1S/C24H25N5O3/c1-2-3-4-5-18-32-24-16-12-22(13-17-24)28-26-20-8-6-19(7-9-20)25-27-21-10-14-23(15-11-21)29(30)31/h6-17H,2-5,18H2,1H3. The minimum Gasteiger partial charge on any atom is -0.494 e. The molecule has 0 aliphatic carbocycles. The Bertz CT molecular complexity index is 1050. The highest BCUT2D eigenvalue weighted by Crippen LogP contribution is 2.25. The molecule has 0 unspecified atom stereocenters. The fraction of sp³-hybridized carbons (Fsp3) is 0.250. The molecule has 3 aromatic rings. The van der Waals surface area contributed by atoms with Gasteiger partial charge in [-0.05, 0) is 67.1 Å². The van der Waals surface area contributed by atoms with E-state index in [1.807, 2.05) is 24.3 Å². The van der Waals surface area contributed by atoms with E-state index < -0.39 is 4.92 Å². The van der Waals surface area contributed by atoms with Gasteiger partial charge in [0.2, 0.25) is 0 Å². The molecule has 0 amide bonds. The van der Waals surface area contributed by atoms with Crippen molar-refractivity contribution in [2.75, 3.05) is 6.61 Å². The zero-order valence-corrected chi connectivity index (χ0v) is 17.9. The highest BCUT2D eigenvalue weighted by Gasteiger charge is 2.03. The maximum atomic E-state index is 10.7. The highest BCUT2D eigenvalue weighted by atomic mass is 16.6. The number of hydrogen-bond acceptors (Lipinski definition) is 7.